The van der Waals surface area contributed by atoms with Crippen molar-refractivity contribution in [2.75, 3.05) is 25.1 Å². The van der Waals surface area contributed by atoms with Gasteiger partial charge in [0.05, 0.1) is 17.3 Å². The maximum atomic E-state index is 13.0. The molecule has 3 saturated heterocycles. The summed E-state index contributed by atoms with van der Waals surface area (Å²) in [5.41, 5.74) is 3.95. The van der Waals surface area contributed by atoms with Crippen LogP contribution in [0.5, 0.6) is 0 Å². The summed E-state index contributed by atoms with van der Waals surface area (Å²) in [5, 5.41) is 26.5. The van der Waals surface area contributed by atoms with Crippen molar-refractivity contribution in [1.29, 1.82) is 0 Å². The zero-order valence-electron chi connectivity index (χ0n) is 18.6. The van der Waals surface area contributed by atoms with Gasteiger partial charge in [0.25, 0.3) is 5.91 Å². The second-order valence-corrected chi connectivity index (χ2v) is 11.9. The van der Waals surface area contributed by atoms with Crippen LogP contribution in [0, 0.1) is 5.41 Å². The average molecular weight is 532 g/mol. The molecule has 4 unspecified atom stereocenters. The predicted molar refractivity (Wildman–Crippen MR) is 127 cm³/mol. The Morgan fingerprint density at radius 3 is 2.74 bits per heavy atom. The quantitative estimate of drug-likeness (QED) is 0.175. The summed E-state index contributed by atoms with van der Waals surface area (Å²) in [7, 11) is 0. The second kappa shape index (κ2) is 9.18. The number of thioether (sulfide) groups is 2. The Bertz CT molecular complexity index is 1030. The van der Waals surface area contributed by atoms with Crippen LogP contribution in [0.3, 0.4) is 0 Å². The standard InChI is InChI=1S/C19H25N5O7S3/c1-18(2)30-5-4-9(31-18)19(15(27)28)7-24-13(26)11(14(24)34-16(19)32-3)22-12(25)10(23-29)8-6-33-17(20)21-8/h6,9,11,14,16,29H,4-5,7H2,1-3H3,(H2,20,21)(H,22,25)(H,27,28)/t9?,11?,14-,16?,19?/m1/s1. The number of β-lactam (4-membered cyclic amide) rings is 1. The van der Waals surface area contributed by atoms with Gasteiger partial charge in [-0.2, -0.15) is 0 Å². The molecular weight excluding hydrogens is 506 g/mol. The Kier molecular flexibility index (Phi) is 6.76. The van der Waals surface area contributed by atoms with Crippen LogP contribution >= 0.6 is 34.9 Å². The van der Waals surface area contributed by atoms with E-state index in [0.717, 1.165) is 11.3 Å². The summed E-state index contributed by atoms with van der Waals surface area (Å²) in [6.45, 7) is 3.76. The van der Waals surface area contributed by atoms with E-state index in [2.05, 4.69) is 15.5 Å². The highest BCUT2D eigenvalue weighted by Crippen LogP contribution is 2.54. The smallest absolute Gasteiger partial charge is 0.316 e. The third-order valence-corrected chi connectivity index (χ3v) is 9.97. The molecule has 0 saturated carbocycles. The van der Waals surface area contributed by atoms with Crippen LogP contribution in [-0.2, 0) is 23.9 Å². The minimum Gasteiger partial charge on any atom is -0.481 e. The van der Waals surface area contributed by atoms with Gasteiger partial charge in [-0.05, 0) is 26.5 Å². The van der Waals surface area contributed by atoms with Gasteiger partial charge >= 0.3 is 5.97 Å². The molecule has 34 heavy (non-hydrogen) atoms. The number of thiazole rings is 1. The molecule has 2 amide bonds. The number of rotatable bonds is 6. The van der Waals surface area contributed by atoms with Gasteiger partial charge in [-0.25, -0.2) is 4.98 Å². The Morgan fingerprint density at radius 2 is 2.18 bits per heavy atom. The summed E-state index contributed by atoms with van der Waals surface area (Å²) < 4.78 is 11.2. The molecule has 0 aromatic carbocycles. The first kappa shape index (κ1) is 25.0. The molecular formula is C19H25N5O7S3. The normalized spacial score (nSPS) is 33.1. The van der Waals surface area contributed by atoms with Gasteiger partial charge in [0.1, 0.15) is 22.5 Å². The highest BCUT2D eigenvalue weighted by molar-refractivity contribution is 8.17. The fraction of sp³-hybridized carbons (Fsp3) is 0.632. The molecule has 4 heterocycles. The van der Waals surface area contributed by atoms with Crippen molar-refractivity contribution in [3.8, 4) is 0 Å². The maximum Gasteiger partial charge on any atom is 0.316 e. The summed E-state index contributed by atoms with van der Waals surface area (Å²) in [5.74, 6) is -3.18. The number of carboxylic acids is 1. The molecule has 0 radical (unpaired) electrons. The number of aliphatic carboxylic acids is 1. The van der Waals surface area contributed by atoms with Gasteiger partial charge in [-0.15, -0.1) is 34.9 Å². The van der Waals surface area contributed by atoms with Crippen LogP contribution in [0.25, 0.3) is 0 Å². The molecule has 0 spiro atoms. The van der Waals surface area contributed by atoms with Gasteiger partial charge in [-0.3, -0.25) is 14.4 Å². The molecule has 186 valence electrons. The summed E-state index contributed by atoms with van der Waals surface area (Å²) in [6, 6.07) is -0.904. The molecule has 1 aromatic rings. The van der Waals surface area contributed by atoms with Crippen LogP contribution in [0.4, 0.5) is 5.13 Å². The lowest BCUT2D eigenvalue weighted by Gasteiger charge is -2.58. The molecule has 5 N–H and O–H groups in total. The number of ether oxygens (including phenoxy) is 2. The second-order valence-electron chi connectivity index (χ2n) is 8.52. The number of amides is 2. The lowest BCUT2D eigenvalue weighted by molar-refractivity contribution is -0.293. The van der Waals surface area contributed by atoms with E-state index >= 15 is 0 Å². The van der Waals surface area contributed by atoms with Crippen molar-refractivity contribution in [2.45, 2.75) is 48.2 Å². The number of aromatic nitrogens is 1. The van der Waals surface area contributed by atoms with E-state index < -0.39 is 51.1 Å². The van der Waals surface area contributed by atoms with Crippen LogP contribution < -0.4 is 11.1 Å². The van der Waals surface area contributed by atoms with Gasteiger partial charge in [0.15, 0.2) is 16.6 Å². The number of fused-ring (bicyclic) bond motifs is 1. The Morgan fingerprint density at radius 1 is 1.44 bits per heavy atom. The zero-order valence-corrected chi connectivity index (χ0v) is 21.0. The van der Waals surface area contributed by atoms with Crippen LogP contribution in [0.2, 0.25) is 0 Å². The van der Waals surface area contributed by atoms with Crippen molar-refractivity contribution in [3.05, 3.63) is 11.1 Å². The number of oxime groups is 1. The minimum atomic E-state index is -1.36. The fourth-order valence-corrected chi connectivity index (χ4v) is 8.01. The number of carbonyl (C=O) groups excluding carboxylic acids is 2. The number of anilines is 1. The largest absolute Gasteiger partial charge is 0.481 e. The lowest BCUT2D eigenvalue weighted by atomic mass is 9.79. The van der Waals surface area contributed by atoms with Crippen LogP contribution in [0.15, 0.2) is 10.5 Å². The van der Waals surface area contributed by atoms with Gasteiger partial charge in [0, 0.05) is 11.9 Å². The molecule has 5 atom stereocenters. The highest BCUT2D eigenvalue weighted by atomic mass is 32.2. The monoisotopic (exact) mass is 531 g/mol. The zero-order chi connectivity index (χ0) is 24.8. The van der Waals surface area contributed by atoms with Gasteiger partial charge in [-0.1, -0.05) is 5.16 Å². The van der Waals surface area contributed by atoms with Crippen molar-refractivity contribution in [1.82, 2.24) is 15.2 Å². The first-order chi connectivity index (χ1) is 16.0. The SMILES string of the molecule is CSC1S[C@@H]2C(NC(=O)C(=NO)c3csc(N)n3)C(=O)N2CC1(C(=O)O)C1CCOC(C)(C)O1. The molecule has 12 nitrogen and oxygen atoms in total. The molecule has 3 fully saturated rings. The molecule has 3 aliphatic rings. The summed E-state index contributed by atoms with van der Waals surface area (Å²) in [6.07, 6.45) is 1.53. The van der Waals surface area contributed by atoms with Crippen molar-refractivity contribution in [2.24, 2.45) is 10.6 Å². The molecule has 4 rings (SSSR count). The summed E-state index contributed by atoms with van der Waals surface area (Å²) >= 11 is 3.75. The Labute approximate surface area is 207 Å². The Balaban J connectivity index is 1.54. The third-order valence-electron chi connectivity index (χ3n) is 6.07. The number of hydrogen-bond acceptors (Lipinski definition) is 12. The first-order valence-corrected chi connectivity index (χ1v) is 13.4. The molecule has 0 aliphatic carbocycles. The van der Waals surface area contributed by atoms with E-state index in [0.29, 0.717) is 13.0 Å². The predicted octanol–water partition coefficient (Wildman–Crippen LogP) is 0.605. The molecule has 3 aliphatic heterocycles. The fourth-order valence-electron chi connectivity index (χ4n) is 4.44. The van der Waals surface area contributed by atoms with E-state index in [1.165, 1.54) is 33.8 Å². The topological polar surface area (TPSA) is 177 Å². The number of nitrogen functional groups attached to an aromatic ring is 1. The van der Waals surface area contributed by atoms with Gasteiger partial charge < -0.3 is 35.7 Å². The van der Waals surface area contributed by atoms with E-state index in [1.807, 2.05) is 6.26 Å². The lowest BCUT2D eigenvalue weighted by Crippen LogP contribution is -2.76. The van der Waals surface area contributed by atoms with E-state index in [1.54, 1.807) is 13.8 Å². The number of carbonyl (C=O) groups is 3. The maximum absolute atomic E-state index is 13.0. The van der Waals surface area contributed by atoms with Crippen LogP contribution in [0.1, 0.15) is 26.0 Å². The van der Waals surface area contributed by atoms with Crippen LogP contribution in [-0.4, -0.2) is 91.0 Å². The first-order valence-electron chi connectivity index (χ1n) is 10.3. The number of nitrogens with one attached hydrogen (secondary N) is 1. The van der Waals surface area contributed by atoms with Crippen molar-refractivity contribution < 1.29 is 34.2 Å². The molecule has 1 aromatic heterocycles. The number of nitrogens with two attached hydrogens (primary N) is 1. The Hall–Kier alpha value is -2.07. The third kappa shape index (κ3) is 4.12. The average Bonchev–Trinajstić information content (AvgIpc) is 3.21. The van der Waals surface area contributed by atoms with Gasteiger partial charge in [0.2, 0.25) is 5.91 Å². The van der Waals surface area contributed by atoms with E-state index in [4.69, 9.17) is 15.2 Å². The number of carboxylic acid groups (broad SMARTS) is 1. The molecule has 0 bridgehead atoms. The van der Waals surface area contributed by atoms with E-state index in [9.17, 15) is 24.7 Å². The molecule has 15 heteroatoms. The number of hydrogen-bond donors (Lipinski definition) is 4. The van der Waals surface area contributed by atoms with Crippen molar-refractivity contribution in [3.63, 3.8) is 0 Å². The van der Waals surface area contributed by atoms with E-state index in [-0.39, 0.29) is 23.1 Å². The minimum absolute atomic E-state index is 0.0545. The number of nitrogens with zero attached hydrogens (tertiary/aromatic N) is 3. The van der Waals surface area contributed by atoms with Crippen molar-refractivity contribution >= 4 is 63.5 Å². The highest BCUT2D eigenvalue weighted by Gasteiger charge is 2.65. The summed E-state index contributed by atoms with van der Waals surface area (Å²) in [4.78, 5) is 43.8.